The van der Waals surface area contributed by atoms with E-state index >= 15 is 0 Å². The van der Waals surface area contributed by atoms with Gasteiger partial charge in [0.05, 0.1) is 10.6 Å². The van der Waals surface area contributed by atoms with Crippen LogP contribution >= 0.6 is 23.1 Å². The predicted octanol–water partition coefficient (Wildman–Crippen LogP) is 3.03. The lowest BCUT2D eigenvalue weighted by Gasteiger charge is -2.01. The Balaban J connectivity index is 2.57. The minimum Gasteiger partial charge on any atom is -0.297 e. The number of carbonyl (C=O) groups is 1. The quantitative estimate of drug-likeness (QED) is 0.804. The molecule has 15 heavy (non-hydrogen) atoms. The molecule has 1 amide bonds. The lowest BCUT2D eigenvalue weighted by molar-refractivity contribution is -0.112. The van der Waals surface area contributed by atoms with Crippen molar-refractivity contribution >= 4 is 34.1 Å². The Hall–Kier alpha value is -1.07. The fraction of sp³-hybridized carbons (Fsp3) is 0.200. The van der Waals surface area contributed by atoms with Gasteiger partial charge in [0.1, 0.15) is 0 Å². The van der Waals surface area contributed by atoms with E-state index in [9.17, 15) is 4.79 Å². The molecule has 1 N–H and O–H groups in total. The average molecular weight is 240 g/mol. The number of nitrogens with zero attached hydrogens (tertiary/aromatic N) is 1. The van der Waals surface area contributed by atoms with Crippen molar-refractivity contribution < 1.29 is 4.79 Å². The van der Waals surface area contributed by atoms with E-state index in [1.807, 2.05) is 12.3 Å². The zero-order valence-electron chi connectivity index (χ0n) is 8.45. The van der Waals surface area contributed by atoms with Gasteiger partial charge in [-0.15, -0.1) is 11.3 Å². The SMILES string of the molecule is C=CSC(=C)C(=O)Nc1nc(CC)cs1. The van der Waals surface area contributed by atoms with Crippen LogP contribution in [-0.2, 0) is 11.2 Å². The highest BCUT2D eigenvalue weighted by Gasteiger charge is 2.08. The van der Waals surface area contributed by atoms with Gasteiger partial charge < -0.3 is 0 Å². The molecule has 0 saturated carbocycles. The summed E-state index contributed by atoms with van der Waals surface area (Å²) < 4.78 is 0. The number of rotatable bonds is 5. The van der Waals surface area contributed by atoms with Crippen LogP contribution in [-0.4, -0.2) is 10.9 Å². The number of aryl methyl sites for hydroxylation is 1. The van der Waals surface area contributed by atoms with Crippen molar-refractivity contribution in [3.63, 3.8) is 0 Å². The lowest BCUT2D eigenvalue weighted by Crippen LogP contribution is -2.11. The van der Waals surface area contributed by atoms with Gasteiger partial charge in [0.15, 0.2) is 5.13 Å². The zero-order chi connectivity index (χ0) is 11.3. The second kappa shape index (κ2) is 5.72. The van der Waals surface area contributed by atoms with Crippen LogP contribution in [0.2, 0.25) is 0 Å². The van der Waals surface area contributed by atoms with Crippen LogP contribution in [0.15, 0.2) is 28.9 Å². The molecule has 80 valence electrons. The fourth-order valence-electron chi connectivity index (χ4n) is 0.848. The van der Waals surface area contributed by atoms with E-state index < -0.39 is 0 Å². The molecular formula is C10H12N2OS2. The maximum absolute atomic E-state index is 11.5. The van der Waals surface area contributed by atoms with Gasteiger partial charge in [-0.1, -0.05) is 31.8 Å². The number of hydrogen-bond donors (Lipinski definition) is 1. The van der Waals surface area contributed by atoms with Gasteiger partial charge in [-0.25, -0.2) is 4.98 Å². The third kappa shape index (κ3) is 3.53. The van der Waals surface area contributed by atoms with Crippen molar-refractivity contribution in [1.29, 1.82) is 0 Å². The second-order valence-corrected chi connectivity index (χ2v) is 4.58. The van der Waals surface area contributed by atoms with E-state index in [2.05, 4.69) is 23.5 Å². The van der Waals surface area contributed by atoms with E-state index in [-0.39, 0.29) is 5.91 Å². The molecule has 1 rings (SSSR count). The Morgan fingerprint density at radius 3 is 3.07 bits per heavy atom. The smallest absolute Gasteiger partial charge is 0.263 e. The number of amides is 1. The van der Waals surface area contributed by atoms with Crippen molar-refractivity contribution in [3.8, 4) is 0 Å². The molecule has 3 nitrogen and oxygen atoms in total. The normalized spacial score (nSPS) is 9.67. The van der Waals surface area contributed by atoms with Crippen LogP contribution in [0.5, 0.6) is 0 Å². The average Bonchev–Trinajstić information content (AvgIpc) is 2.66. The van der Waals surface area contributed by atoms with E-state index in [0.29, 0.717) is 10.0 Å². The summed E-state index contributed by atoms with van der Waals surface area (Å²) in [6.45, 7) is 9.16. The lowest BCUT2D eigenvalue weighted by atomic mass is 10.4. The van der Waals surface area contributed by atoms with Crippen molar-refractivity contribution in [3.05, 3.63) is 34.5 Å². The summed E-state index contributed by atoms with van der Waals surface area (Å²) >= 11 is 2.62. The first-order valence-corrected chi connectivity index (χ1v) is 6.15. The molecule has 1 aromatic heterocycles. The van der Waals surface area contributed by atoms with Crippen LogP contribution < -0.4 is 5.32 Å². The van der Waals surface area contributed by atoms with Gasteiger partial charge >= 0.3 is 0 Å². The largest absolute Gasteiger partial charge is 0.297 e. The van der Waals surface area contributed by atoms with Gasteiger partial charge in [-0.3, -0.25) is 10.1 Å². The number of aromatic nitrogens is 1. The Labute approximate surface area is 97.3 Å². The molecule has 0 fully saturated rings. The van der Waals surface area contributed by atoms with Gasteiger partial charge in [0.25, 0.3) is 5.91 Å². The minimum atomic E-state index is -0.225. The summed E-state index contributed by atoms with van der Waals surface area (Å²) in [5, 5.41) is 6.80. The van der Waals surface area contributed by atoms with E-state index in [4.69, 9.17) is 0 Å². The summed E-state index contributed by atoms with van der Waals surface area (Å²) in [4.78, 5) is 16.1. The van der Waals surface area contributed by atoms with Crippen LogP contribution in [0.25, 0.3) is 0 Å². The van der Waals surface area contributed by atoms with Gasteiger partial charge in [-0.2, -0.15) is 0 Å². The molecule has 0 bridgehead atoms. The van der Waals surface area contributed by atoms with Crippen LogP contribution in [0.1, 0.15) is 12.6 Å². The van der Waals surface area contributed by atoms with Crippen molar-refractivity contribution in [2.24, 2.45) is 0 Å². The van der Waals surface area contributed by atoms with Gasteiger partial charge in [0.2, 0.25) is 0 Å². The molecule has 0 radical (unpaired) electrons. The number of thiazole rings is 1. The molecule has 0 aromatic carbocycles. The van der Waals surface area contributed by atoms with Crippen LogP contribution in [0.4, 0.5) is 5.13 Å². The summed E-state index contributed by atoms with van der Waals surface area (Å²) in [5.74, 6) is -0.225. The second-order valence-electron chi connectivity index (χ2n) is 2.66. The molecule has 5 heteroatoms. The third-order valence-electron chi connectivity index (χ3n) is 1.61. The molecule has 0 aliphatic heterocycles. The summed E-state index contributed by atoms with van der Waals surface area (Å²) in [6.07, 6.45) is 0.870. The first kappa shape index (κ1) is 12.0. The number of hydrogen-bond acceptors (Lipinski definition) is 4. The number of carbonyl (C=O) groups excluding carboxylic acids is 1. The number of nitrogens with one attached hydrogen (secondary N) is 1. The molecule has 0 atom stereocenters. The monoisotopic (exact) mass is 240 g/mol. The Kier molecular flexibility index (Phi) is 4.58. The molecule has 0 spiro atoms. The Morgan fingerprint density at radius 2 is 2.53 bits per heavy atom. The number of anilines is 1. The Bertz CT molecular complexity index is 385. The van der Waals surface area contributed by atoms with Crippen LogP contribution in [0.3, 0.4) is 0 Å². The van der Waals surface area contributed by atoms with Crippen molar-refractivity contribution in [1.82, 2.24) is 4.98 Å². The zero-order valence-corrected chi connectivity index (χ0v) is 10.1. The van der Waals surface area contributed by atoms with E-state index in [1.165, 1.54) is 23.1 Å². The first-order valence-electron chi connectivity index (χ1n) is 4.39. The molecular weight excluding hydrogens is 228 g/mol. The highest BCUT2D eigenvalue weighted by atomic mass is 32.2. The Morgan fingerprint density at radius 1 is 1.80 bits per heavy atom. The van der Waals surface area contributed by atoms with Crippen molar-refractivity contribution in [2.45, 2.75) is 13.3 Å². The summed E-state index contributed by atoms with van der Waals surface area (Å²) in [5.41, 5.74) is 0.984. The highest BCUT2D eigenvalue weighted by molar-refractivity contribution is 8.06. The van der Waals surface area contributed by atoms with Crippen LogP contribution in [0, 0.1) is 0 Å². The molecule has 0 unspecified atom stereocenters. The molecule has 0 aliphatic carbocycles. The molecule has 0 saturated heterocycles. The molecule has 1 aromatic rings. The maximum Gasteiger partial charge on any atom is 0.263 e. The third-order valence-corrected chi connectivity index (χ3v) is 3.06. The van der Waals surface area contributed by atoms with E-state index in [1.54, 1.807) is 5.41 Å². The maximum atomic E-state index is 11.5. The summed E-state index contributed by atoms with van der Waals surface area (Å²) in [6, 6.07) is 0. The number of thioether (sulfide) groups is 1. The van der Waals surface area contributed by atoms with Crippen molar-refractivity contribution in [2.75, 3.05) is 5.32 Å². The predicted molar refractivity (Wildman–Crippen MR) is 67.0 cm³/mol. The minimum absolute atomic E-state index is 0.225. The standard InChI is InChI=1S/C10H12N2OS2/c1-4-8-6-15-10(11-8)12-9(13)7(3)14-5-2/h5-6H,2-4H2,1H3,(H,11,12,13). The topological polar surface area (TPSA) is 42.0 Å². The van der Waals surface area contributed by atoms with Gasteiger partial charge in [-0.05, 0) is 11.8 Å². The fourth-order valence-corrected chi connectivity index (χ4v) is 2.00. The van der Waals surface area contributed by atoms with E-state index in [0.717, 1.165) is 12.1 Å². The molecule has 1 heterocycles. The first-order chi connectivity index (χ1) is 7.17. The molecule has 0 aliphatic rings. The highest BCUT2D eigenvalue weighted by Crippen LogP contribution is 2.19. The van der Waals surface area contributed by atoms with Gasteiger partial charge in [0, 0.05) is 5.38 Å². The summed E-state index contributed by atoms with van der Waals surface area (Å²) in [7, 11) is 0.